The SMILES string of the molecule is O=C1CN(CCc2ccsc2)C(=O)CN1. The summed E-state index contributed by atoms with van der Waals surface area (Å²) in [6.07, 6.45) is 0.822. The molecule has 0 saturated carbocycles. The molecule has 0 radical (unpaired) electrons. The number of piperazine rings is 1. The number of carbonyl (C=O) groups excluding carboxylic acids is 2. The van der Waals surface area contributed by atoms with Gasteiger partial charge >= 0.3 is 0 Å². The monoisotopic (exact) mass is 224 g/mol. The summed E-state index contributed by atoms with van der Waals surface area (Å²) in [5, 5.41) is 6.60. The molecule has 15 heavy (non-hydrogen) atoms. The molecule has 0 unspecified atom stereocenters. The van der Waals surface area contributed by atoms with E-state index in [4.69, 9.17) is 0 Å². The average Bonchev–Trinajstić information content (AvgIpc) is 2.72. The molecular formula is C10H12N2O2S. The van der Waals surface area contributed by atoms with Crippen LogP contribution in [0.25, 0.3) is 0 Å². The van der Waals surface area contributed by atoms with Crippen molar-refractivity contribution in [2.24, 2.45) is 0 Å². The highest BCUT2D eigenvalue weighted by Gasteiger charge is 2.22. The highest BCUT2D eigenvalue weighted by molar-refractivity contribution is 7.07. The zero-order valence-electron chi connectivity index (χ0n) is 8.23. The van der Waals surface area contributed by atoms with Crippen molar-refractivity contribution in [3.8, 4) is 0 Å². The van der Waals surface area contributed by atoms with E-state index in [0.29, 0.717) is 6.54 Å². The first-order valence-corrected chi connectivity index (χ1v) is 5.75. The van der Waals surface area contributed by atoms with Gasteiger partial charge < -0.3 is 10.2 Å². The van der Waals surface area contributed by atoms with Crippen molar-refractivity contribution in [3.05, 3.63) is 22.4 Å². The van der Waals surface area contributed by atoms with Crippen molar-refractivity contribution in [1.82, 2.24) is 10.2 Å². The molecule has 0 bridgehead atoms. The summed E-state index contributed by atoms with van der Waals surface area (Å²) in [6, 6.07) is 2.04. The molecule has 80 valence electrons. The van der Waals surface area contributed by atoms with Gasteiger partial charge in [0.25, 0.3) is 0 Å². The third-order valence-electron chi connectivity index (χ3n) is 2.37. The van der Waals surface area contributed by atoms with E-state index in [1.54, 1.807) is 16.2 Å². The van der Waals surface area contributed by atoms with Crippen LogP contribution in [0, 0.1) is 0 Å². The summed E-state index contributed by atoms with van der Waals surface area (Å²) in [5.41, 5.74) is 1.22. The molecule has 1 aliphatic heterocycles. The van der Waals surface area contributed by atoms with Gasteiger partial charge in [-0.1, -0.05) is 0 Å². The molecule has 2 rings (SSSR count). The highest BCUT2D eigenvalue weighted by atomic mass is 32.1. The predicted octanol–water partition coefficient (Wildman–Crippen LogP) is 0.249. The van der Waals surface area contributed by atoms with Crippen molar-refractivity contribution < 1.29 is 9.59 Å². The van der Waals surface area contributed by atoms with Crippen LogP contribution in [0.1, 0.15) is 5.56 Å². The molecule has 0 spiro atoms. The lowest BCUT2D eigenvalue weighted by Crippen LogP contribution is -2.51. The molecule has 5 heteroatoms. The van der Waals surface area contributed by atoms with E-state index >= 15 is 0 Å². The smallest absolute Gasteiger partial charge is 0.242 e. The lowest BCUT2D eigenvalue weighted by Gasteiger charge is -2.26. The van der Waals surface area contributed by atoms with Crippen molar-refractivity contribution in [3.63, 3.8) is 0 Å². The molecule has 1 aliphatic rings. The molecule has 2 amide bonds. The Bertz CT molecular complexity index is 362. The second-order valence-electron chi connectivity index (χ2n) is 3.47. The maximum Gasteiger partial charge on any atom is 0.242 e. The number of hydrogen-bond donors (Lipinski definition) is 1. The second-order valence-corrected chi connectivity index (χ2v) is 4.25. The zero-order chi connectivity index (χ0) is 10.7. The normalized spacial score (nSPS) is 16.7. The lowest BCUT2D eigenvalue weighted by molar-refractivity contribution is -0.140. The Kier molecular flexibility index (Phi) is 3.01. The van der Waals surface area contributed by atoms with Crippen LogP contribution in [-0.4, -0.2) is 36.3 Å². The van der Waals surface area contributed by atoms with Crippen molar-refractivity contribution >= 4 is 23.2 Å². The molecule has 2 heterocycles. The van der Waals surface area contributed by atoms with E-state index in [0.717, 1.165) is 6.42 Å². The summed E-state index contributed by atoms with van der Waals surface area (Å²) < 4.78 is 0. The Morgan fingerprint density at radius 1 is 1.47 bits per heavy atom. The third-order valence-corrected chi connectivity index (χ3v) is 3.11. The largest absolute Gasteiger partial charge is 0.345 e. The van der Waals surface area contributed by atoms with Gasteiger partial charge in [0.15, 0.2) is 0 Å². The number of carbonyl (C=O) groups is 2. The molecule has 1 fully saturated rings. The van der Waals surface area contributed by atoms with Gasteiger partial charge in [-0.25, -0.2) is 0 Å². The quantitative estimate of drug-likeness (QED) is 0.800. The van der Waals surface area contributed by atoms with Gasteiger partial charge in [0.2, 0.25) is 11.8 Å². The number of amides is 2. The Labute approximate surface area is 91.9 Å². The van der Waals surface area contributed by atoms with Crippen LogP contribution in [0.5, 0.6) is 0 Å². The Morgan fingerprint density at radius 2 is 2.33 bits per heavy atom. The minimum atomic E-state index is -0.0695. The van der Waals surface area contributed by atoms with Crippen molar-refractivity contribution in [2.45, 2.75) is 6.42 Å². The second kappa shape index (κ2) is 4.44. The van der Waals surface area contributed by atoms with E-state index in [2.05, 4.69) is 10.7 Å². The lowest BCUT2D eigenvalue weighted by atomic mass is 10.2. The number of rotatable bonds is 3. The Hall–Kier alpha value is -1.36. The predicted molar refractivity (Wildman–Crippen MR) is 57.6 cm³/mol. The zero-order valence-corrected chi connectivity index (χ0v) is 9.05. The minimum absolute atomic E-state index is 0.00447. The Balaban J connectivity index is 1.88. The molecule has 1 saturated heterocycles. The first-order valence-electron chi connectivity index (χ1n) is 4.81. The van der Waals surface area contributed by atoms with Crippen LogP contribution in [-0.2, 0) is 16.0 Å². The number of thiophene rings is 1. The van der Waals surface area contributed by atoms with Crippen LogP contribution in [0.4, 0.5) is 0 Å². The summed E-state index contributed by atoms with van der Waals surface area (Å²) in [5.74, 6) is -0.0650. The van der Waals surface area contributed by atoms with Crippen molar-refractivity contribution in [1.29, 1.82) is 0 Å². The fourth-order valence-electron chi connectivity index (χ4n) is 1.51. The van der Waals surface area contributed by atoms with Gasteiger partial charge in [0.1, 0.15) is 0 Å². The number of nitrogens with zero attached hydrogens (tertiary/aromatic N) is 1. The van der Waals surface area contributed by atoms with Crippen LogP contribution >= 0.6 is 11.3 Å². The van der Waals surface area contributed by atoms with Crippen LogP contribution in [0.15, 0.2) is 16.8 Å². The molecule has 1 aromatic rings. The highest BCUT2D eigenvalue weighted by Crippen LogP contribution is 2.08. The first-order chi connectivity index (χ1) is 7.25. The molecule has 0 aliphatic carbocycles. The van der Waals surface area contributed by atoms with E-state index in [1.807, 2.05) is 11.4 Å². The maximum absolute atomic E-state index is 11.4. The van der Waals surface area contributed by atoms with Crippen LogP contribution in [0.2, 0.25) is 0 Å². The number of hydrogen-bond acceptors (Lipinski definition) is 3. The van der Waals surface area contributed by atoms with Crippen LogP contribution < -0.4 is 5.32 Å². The molecular weight excluding hydrogens is 212 g/mol. The molecule has 1 N–H and O–H groups in total. The minimum Gasteiger partial charge on any atom is -0.345 e. The van der Waals surface area contributed by atoms with Crippen molar-refractivity contribution in [2.75, 3.05) is 19.6 Å². The van der Waals surface area contributed by atoms with Crippen LogP contribution in [0.3, 0.4) is 0 Å². The molecule has 0 atom stereocenters. The van der Waals surface area contributed by atoms with E-state index in [-0.39, 0.29) is 24.9 Å². The van der Waals surface area contributed by atoms with Gasteiger partial charge in [-0.15, -0.1) is 0 Å². The van der Waals surface area contributed by atoms with Gasteiger partial charge in [0, 0.05) is 6.54 Å². The number of nitrogens with one attached hydrogen (secondary N) is 1. The molecule has 0 aromatic carbocycles. The summed E-state index contributed by atoms with van der Waals surface area (Å²) in [4.78, 5) is 24.1. The standard InChI is InChI=1S/C10H12N2O2S/c13-9-6-12(10(14)5-11-9)3-1-8-2-4-15-7-8/h2,4,7H,1,3,5-6H2,(H,11,13). The van der Waals surface area contributed by atoms with Gasteiger partial charge in [-0.2, -0.15) is 11.3 Å². The van der Waals surface area contributed by atoms with E-state index in [1.165, 1.54) is 5.56 Å². The summed E-state index contributed by atoms with van der Waals surface area (Å²) in [7, 11) is 0. The molecule has 4 nitrogen and oxygen atoms in total. The van der Waals surface area contributed by atoms with Gasteiger partial charge in [-0.05, 0) is 28.8 Å². The fourth-order valence-corrected chi connectivity index (χ4v) is 2.21. The topological polar surface area (TPSA) is 49.4 Å². The fraction of sp³-hybridized carbons (Fsp3) is 0.400. The summed E-state index contributed by atoms with van der Waals surface area (Å²) in [6.45, 7) is 0.967. The Morgan fingerprint density at radius 3 is 3.07 bits per heavy atom. The van der Waals surface area contributed by atoms with Gasteiger partial charge in [0.05, 0.1) is 13.1 Å². The summed E-state index contributed by atoms with van der Waals surface area (Å²) >= 11 is 1.64. The average molecular weight is 224 g/mol. The molecule has 1 aromatic heterocycles. The first kappa shape index (κ1) is 10.2. The van der Waals surface area contributed by atoms with E-state index in [9.17, 15) is 9.59 Å². The maximum atomic E-state index is 11.4. The van der Waals surface area contributed by atoms with E-state index < -0.39 is 0 Å². The van der Waals surface area contributed by atoms with Gasteiger partial charge in [-0.3, -0.25) is 9.59 Å². The third kappa shape index (κ3) is 2.56.